The molecule has 2 rings (SSSR count). The maximum absolute atomic E-state index is 4.29. The van der Waals surface area contributed by atoms with Crippen LogP contribution >= 0.6 is 27.3 Å². The molecule has 0 saturated carbocycles. The fraction of sp³-hybridized carbons (Fsp3) is 0.182. The molecule has 0 radical (unpaired) electrons. The van der Waals surface area contributed by atoms with Crippen molar-refractivity contribution in [2.45, 2.75) is 13.3 Å². The summed E-state index contributed by atoms with van der Waals surface area (Å²) in [6, 6.07) is 8.39. The first-order valence-corrected chi connectivity index (χ1v) is 6.42. The average Bonchev–Trinajstić information content (AvgIpc) is 2.64. The molecule has 0 bridgehead atoms. The molecule has 1 N–H and O–H groups in total. The third-order valence-corrected chi connectivity index (χ3v) is 3.53. The van der Waals surface area contributed by atoms with Gasteiger partial charge >= 0.3 is 0 Å². The fourth-order valence-electron chi connectivity index (χ4n) is 1.30. The van der Waals surface area contributed by atoms with E-state index in [2.05, 4.69) is 57.4 Å². The third-order valence-electron chi connectivity index (χ3n) is 2.06. The van der Waals surface area contributed by atoms with Crippen LogP contribution in [0, 0.1) is 0 Å². The van der Waals surface area contributed by atoms with E-state index < -0.39 is 0 Å². The smallest absolute Gasteiger partial charge is 0.188 e. The van der Waals surface area contributed by atoms with Gasteiger partial charge in [0.05, 0.1) is 0 Å². The van der Waals surface area contributed by atoms with Crippen LogP contribution in [0.5, 0.6) is 0 Å². The van der Waals surface area contributed by atoms with Gasteiger partial charge in [0, 0.05) is 11.1 Å². The van der Waals surface area contributed by atoms with Gasteiger partial charge in [0.2, 0.25) is 0 Å². The van der Waals surface area contributed by atoms with Gasteiger partial charge in [0.15, 0.2) is 5.13 Å². The van der Waals surface area contributed by atoms with Gasteiger partial charge in [0.25, 0.3) is 0 Å². The third kappa shape index (κ3) is 2.79. The second-order valence-electron chi connectivity index (χ2n) is 3.15. The molecule has 0 saturated heterocycles. The van der Waals surface area contributed by atoms with E-state index in [4.69, 9.17) is 0 Å². The summed E-state index contributed by atoms with van der Waals surface area (Å²) in [5.74, 6) is 0. The largest absolute Gasteiger partial charge is 0.332 e. The van der Waals surface area contributed by atoms with Crippen LogP contribution in [-0.4, -0.2) is 4.98 Å². The Balaban J connectivity index is 2.16. The topological polar surface area (TPSA) is 24.9 Å². The molecule has 15 heavy (non-hydrogen) atoms. The number of aromatic nitrogens is 1. The average molecular weight is 283 g/mol. The van der Waals surface area contributed by atoms with Crippen LogP contribution in [0.3, 0.4) is 0 Å². The molecule has 0 aliphatic rings. The number of benzene rings is 1. The van der Waals surface area contributed by atoms with Crippen molar-refractivity contribution in [2.75, 3.05) is 5.32 Å². The molecule has 0 atom stereocenters. The van der Waals surface area contributed by atoms with Gasteiger partial charge < -0.3 is 5.32 Å². The van der Waals surface area contributed by atoms with E-state index in [0.29, 0.717) is 0 Å². The summed E-state index contributed by atoms with van der Waals surface area (Å²) < 4.78 is 0.877. The highest BCUT2D eigenvalue weighted by molar-refractivity contribution is 9.10. The van der Waals surface area contributed by atoms with Crippen molar-refractivity contribution in [3.8, 4) is 0 Å². The van der Waals surface area contributed by atoms with E-state index in [1.165, 1.54) is 5.56 Å². The zero-order chi connectivity index (χ0) is 10.7. The van der Waals surface area contributed by atoms with Crippen LogP contribution in [0.4, 0.5) is 10.8 Å². The van der Waals surface area contributed by atoms with E-state index in [1.807, 2.05) is 5.38 Å². The molecule has 78 valence electrons. The molecule has 2 nitrogen and oxygen atoms in total. The number of nitrogens with zero attached hydrogens (tertiary/aromatic N) is 1. The molecule has 0 aliphatic carbocycles. The van der Waals surface area contributed by atoms with Crippen LogP contribution < -0.4 is 5.32 Å². The lowest BCUT2D eigenvalue weighted by Gasteiger charge is -2.03. The van der Waals surface area contributed by atoms with Gasteiger partial charge in [-0.1, -0.05) is 19.1 Å². The second-order valence-corrected chi connectivity index (χ2v) is 4.82. The van der Waals surface area contributed by atoms with E-state index in [1.54, 1.807) is 11.3 Å². The molecular formula is C11H11BrN2S. The summed E-state index contributed by atoms with van der Waals surface area (Å²) in [7, 11) is 0. The minimum Gasteiger partial charge on any atom is -0.332 e. The van der Waals surface area contributed by atoms with Crippen LogP contribution in [-0.2, 0) is 6.42 Å². The number of hydrogen-bond donors (Lipinski definition) is 1. The molecule has 1 aromatic carbocycles. The van der Waals surface area contributed by atoms with Crippen molar-refractivity contribution in [2.24, 2.45) is 0 Å². The summed E-state index contributed by atoms with van der Waals surface area (Å²) in [5.41, 5.74) is 2.42. The summed E-state index contributed by atoms with van der Waals surface area (Å²) in [6.45, 7) is 2.15. The Labute approximate surface area is 101 Å². The van der Waals surface area contributed by atoms with Crippen LogP contribution in [0.15, 0.2) is 34.2 Å². The number of hydrogen-bond acceptors (Lipinski definition) is 3. The Bertz CT molecular complexity index is 453. The lowest BCUT2D eigenvalue weighted by atomic mass is 10.1. The van der Waals surface area contributed by atoms with Crippen molar-refractivity contribution in [3.05, 3.63) is 39.8 Å². The highest BCUT2D eigenvalue weighted by Crippen LogP contribution is 2.23. The number of nitrogens with one attached hydrogen (secondary N) is 1. The van der Waals surface area contributed by atoms with Crippen molar-refractivity contribution in [1.82, 2.24) is 4.98 Å². The van der Waals surface area contributed by atoms with Gasteiger partial charge in [-0.15, -0.1) is 11.3 Å². The zero-order valence-electron chi connectivity index (χ0n) is 8.33. The van der Waals surface area contributed by atoms with Crippen LogP contribution in [0.2, 0.25) is 0 Å². The molecule has 0 unspecified atom stereocenters. The molecule has 1 aromatic heterocycles. The Morgan fingerprint density at radius 1 is 1.47 bits per heavy atom. The number of aryl methyl sites for hydroxylation is 1. The molecular weight excluding hydrogens is 272 g/mol. The Morgan fingerprint density at radius 3 is 3.00 bits per heavy atom. The number of anilines is 2. The molecule has 0 aliphatic heterocycles. The van der Waals surface area contributed by atoms with Gasteiger partial charge in [-0.05, 0) is 40.0 Å². The standard InChI is InChI=1S/C11H11BrN2S/c1-2-8-4-3-5-9(6-8)13-11-14-10(12)7-15-11/h3-7H,2H2,1H3,(H,13,14). The first-order chi connectivity index (χ1) is 7.28. The predicted molar refractivity (Wildman–Crippen MR) is 68.9 cm³/mol. The van der Waals surface area contributed by atoms with Crippen LogP contribution in [0.25, 0.3) is 0 Å². The van der Waals surface area contributed by atoms with E-state index in [9.17, 15) is 0 Å². The van der Waals surface area contributed by atoms with Crippen molar-refractivity contribution < 1.29 is 0 Å². The molecule has 0 fully saturated rings. The normalized spacial score (nSPS) is 10.3. The zero-order valence-corrected chi connectivity index (χ0v) is 10.7. The van der Waals surface area contributed by atoms with Crippen LogP contribution in [0.1, 0.15) is 12.5 Å². The first kappa shape index (κ1) is 10.6. The van der Waals surface area contributed by atoms with Gasteiger partial charge in [-0.25, -0.2) is 4.98 Å². The summed E-state index contributed by atoms with van der Waals surface area (Å²) in [4.78, 5) is 4.29. The molecule has 2 aromatic rings. The number of halogens is 1. The summed E-state index contributed by atoms with van der Waals surface area (Å²) in [5, 5.41) is 6.15. The maximum atomic E-state index is 4.29. The SMILES string of the molecule is CCc1cccc(Nc2nc(Br)cs2)c1. The Morgan fingerprint density at radius 2 is 2.33 bits per heavy atom. The lowest BCUT2D eigenvalue weighted by Crippen LogP contribution is -1.90. The minimum absolute atomic E-state index is 0.877. The molecule has 0 spiro atoms. The number of rotatable bonds is 3. The molecule has 4 heteroatoms. The monoisotopic (exact) mass is 282 g/mol. The quantitative estimate of drug-likeness (QED) is 0.912. The fourth-order valence-corrected chi connectivity index (χ4v) is 2.47. The summed E-state index contributed by atoms with van der Waals surface area (Å²) in [6.07, 6.45) is 1.05. The van der Waals surface area contributed by atoms with E-state index in [-0.39, 0.29) is 0 Å². The second kappa shape index (κ2) is 4.77. The minimum atomic E-state index is 0.877. The van der Waals surface area contributed by atoms with Crippen molar-refractivity contribution in [1.29, 1.82) is 0 Å². The Hall–Kier alpha value is -0.870. The Kier molecular flexibility index (Phi) is 3.38. The van der Waals surface area contributed by atoms with Crippen molar-refractivity contribution >= 4 is 38.1 Å². The maximum Gasteiger partial charge on any atom is 0.188 e. The highest BCUT2D eigenvalue weighted by Gasteiger charge is 2.00. The number of thiazole rings is 1. The lowest BCUT2D eigenvalue weighted by molar-refractivity contribution is 1.14. The molecule has 1 heterocycles. The van der Waals surface area contributed by atoms with E-state index in [0.717, 1.165) is 21.8 Å². The van der Waals surface area contributed by atoms with E-state index >= 15 is 0 Å². The predicted octanol–water partition coefficient (Wildman–Crippen LogP) is 4.21. The van der Waals surface area contributed by atoms with Crippen molar-refractivity contribution in [3.63, 3.8) is 0 Å². The van der Waals surface area contributed by atoms with Gasteiger partial charge in [-0.2, -0.15) is 0 Å². The first-order valence-electron chi connectivity index (χ1n) is 4.75. The van der Waals surface area contributed by atoms with Gasteiger partial charge in [0.1, 0.15) is 4.60 Å². The highest BCUT2D eigenvalue weighted by atomic mass is 79.9. The molecule has 0 amide bonds. The van der Waals surface area contributed by atoms with Gasteiger partial charge in [-0.3, -0.25) is 0 Å². The summed E-state index contributed by atoms with van der Waals surface area (Å²) >= 11 is 4.92.